The molecule has 2 aromatic rings. The molecule has 0 aliphatic carbocycles. The van der Waals surface area contributed by atoms with Gasteiger partial charge in [0.15, 0.2) is 11.9 Å². The summed E-state index contributed by atoms with van der Waals surface area (Å²) in [7, 11) is 0. The van der Waals surface area contributed by atoms with Crippen molar-refractivity contribution in [2.75, 3.05) is 6.61 Å². The molecule has 24 heavy (non-hydrogen) atoms. The molecule has 0 saturated carbocycles. The van der Waals surface area contributed by atoms with Crippen LogP contribution in [0.4, 0.5) is 0 Å². The second-order valence-corrected chi connectivity index (χ2v) is 6.57. The van der Waals surface area contributed by atoms with E-state index < -0.39 is 10.8 Å². The molecule has 1 heterocycles. The van der Waals surface area contributed by atoms with E-state index in [9.17, 15) is 10.0 Å². The maximum Gasteiger partial charge on any atom is 0.317 e. The Balaban J connectivity index is 1.85. The molecule has 1 unspecified atom stereocenters. The largest absolute Gasteiger partial charge is 0.618 e. The van der Waals surface area contributed by atoms with Gasteiger partial charge in [-0.1, -0.05) is 35.0 Å². The number of pyridine rings is 1. The fourth-order valence-electron chi connectivity index (χ4n) is 2.25. The fraction of sp³-hybridized carbons (Fsp3) is 0.333. The van der Waals surface area contributed by atoms with Crippen molar-refractivity contribution >= 4 is 21.9 Å². The number of hydrogen-bond acceptors (Lipinski definition) is 3. The molecule has 6 heteroatoms. The summed E-state index contributed by atoms with van der Waals surface area (Å²) in [6, 6.07) is 11.1. The Kier molecular flexibility index (Phi) is 6.61. The van der Waals surface area contributed by atoms with E-state index in [1.807, 2.05) is 43.3 Å². The summed E-state index contributed by atoms with van der Waals surface area (Å²) in [6.07, 6.45) is 3.37. The van der Waals surface area contributed by atoms with Crippen LogP contribution in [0, 0.1) is 5.21 Å². The number of carboxylic acid groups (broad SMARTS) is 1. The summed E-state index contributed by atoms with van der Waals surface area (Å²) in [5, 5.41) is 20.7. The number of halogens is 1. The monoisotopic (exact) mass is 393 g/mol. The zero-order valence-electron chi connectivity index (χ0n) is 13.4. The second-order valence-electron chi connectivity index (χ2n) is 5.46. The lowest BCUT2D eigenvalue weighted by Gasteiger charge is -2.09. The topological polar surface area (TPSA) is 73.5 Å². The first-order chi connectivity index (χ1) is 11.5. The third-order valence-corrected chi connectivity index (χ3v) is 4.41. The Hall–Kier alpha value is -2.08. The average Bonchev–Trinajstić information content (AvgIpc) is 2.57. The van der Waals surface area contributed by atoms with Crippen LogP contribution < -0.4 is 9.47 Å². The minimum absolute atomic E-state index is 0.406. The van der Waals surface area contributed by atoms with Crippen molar-refractivity contribution in [3.05, 3.63) is 64.6 Å². The molecule has 0 saturated heterocycles. The molecule has 2 rings (SSSR count). The third-order valence-electron chi connectivity index (χ3n) is 3.70. The number of rotatable bonds is 8. The smallest absolute Gasteiger partial charge is 0.317 e. The molecule has 1 aromatic carbocycles. The SMILES string of the molecule is CCc1ccc(CCOc2ccc(CC(Br)C(=O)O)cc2)[n+]([O-])c1. The standard InChI is InChI=1S/C18H20BrNO4/c1-2-13-3-6-15(20(23)12-13)9-10-24-16-7-4-14(5-8-16)11-17(19)18(21)22/h3-8,12,17H,2,9-11H2,1H3,(H,21,22). The van der Waals surface area contributed by atoms with Crippen LogP contribution in [0.25, 0.3) is 0 Å². The van der Waals surface area contributed by atoms with Crippen molar-refractivity contribution < 1.29 is 19.4 Å². The molecular formula is C18H20BrNO4. The Bertz CT molecular complexity index is 688. The van der Waals surface area contributed by atoms with Crippen molar-refractivity contribution in [1.82, 2.24) is 0 Å². The van der Waals surface area contributed by atoms with E-state index >= 15 is 0 Å². The number of ether oxygens (including phenoxy) is 1. The quantitative estimate of drug-likeness (QED) is 0.425. The summed E-state index contributed by atoms with van der Waals surface area (Å²) in [5.41, 5.74) is 2.60. The molecular weight excluding hydrogens is 374 g/mol. The number of carboxylic acids is 1. The van der Waals surface area contributed by atoms with Crippen molar-refractivity contribution in [3.63, 3.8) is 0 Å². The highest BCUT2D eigenvalue weighted by Crippen LogP contribution is 2.16. The lowest BCUT2D eigenvalue weighted by Crippen LogP contribution is -2.32. The van der Waals surface area contributed by atoms with Crippen LogP contribution in [0.15, 0.2) is 42.6 Å². The highest BCUT2D eigenvalue weighted by molar-refractivity contribution is 9.10. The predicted octanol–water partition coefficient (Wildman–Crippen LogP) is 2.89. The van der Waals surface area contributed by atoms with E-state index in [0.717, 1.165) is 22.3 Å². The van der Waals surface area contributed by atoms with Gasteiger partial charge >= 0.3 is 5.97 Å². The lowest BCUT2D eigenvalue weighted by molar-refractivity contribution is -0.614. The van der Waals surface area contributed by atoms with E-state index in [2.05, 4.69) is 15.9 Å². The molecule has 1 N–H and O–H groups in total. The van der Waals surface area contributed by atoms with Crippen molar-refractivity contribution in [1.29, 1.82) is 0 Å². The molecule has 1 atom stereocenters. The summed E-state index contributed by atoms with van der Waals surface area (Å²) >= 11 is 3.12. The molecule has 5 nitrogen and oxygen atoms in total. The molecule has 128 valence electrons. The van der Waals surface area contributed by atoms with Crippen LogP contribution in [0.1, 0.15) is 23.7 Å². The second kappa shape index (κ2) is 8.68. The molecule has 1 aromatic heterocycles. The van der Waals surface area contributed by atoms with Gasteiger partial charge in [0.2, 0.25) is 0 Å². The maximum atomic E-state index is 11.9. The summed E-state index contributed by atoms with van der Waals surface area (Å²) in [4.78, 5) is 10.2. The normalized spacial score (nSPS) is 11.9. The van der Waals surface area contributed by atoms with Gasteiger partial charge in [-0.15, -0.1) is 0 Å². The molecule has 0 spiro atoms. The maximum absolute atomic E-state index is 11.9. The molecule has 0 bridgehead atoms. The Morgan fingerprint density at radius 2 is 1.92 bits per heavy atom. The summed E-state index contributed by atoms with van der Waals surface area (Å²) in [5.74, 6) is -0.182. The van der Waals surface area contributed by atoms with Crippen LogP contribution in [-0.4, -0.2) is 22.5 Å². The van der Waals surface area contributed by atoms with E-state index in [1.54, 1.807) is 6.20 Å². The molecule has 0 fully saturated rings. The number of nitrogens with zero attached hydrogens (tertiary/aromatic N) is 1. The first-order valence-electron chi connectivity index (χ1n) is 7.79. The first-order valence-corrected chi connectivity index (χ1v) is 8.70. The van der Waals surface area contributed by atoms with Crippen LogP contribution >= 0.6 is 15.9 Å². The highest BCUT2D eigenvalue weighted by Gasteiger charge is 2.13. The van der Waals surface area contributed by atoms with Gasteiger partial charge in [-0.25, -0.2) is 0 Å². The first kappa shape index (κ1) is 18.3. The van der Waals surface area contributed by atoms with Gasteiger partial charge in [0.05, 0.1) is 13.0 Å². The summed E-state index contributed by atoms with van der Waals surface area (Å²) in [6.45, 7) is 2.42. The minimum Gasteiger partial charge on any atom is -0.618 e. The van der Waals surface area contributed by atoms with Gasteiger partial charge in [-0.2, -0.15) is 4.73 Å². The third kappa shape index (κ3) is 5.23. The Labute approximate surface area is 149 Å². The van der Waals surface area contributed by atoms with Gasteiger partial charge in [0, 0.05) is 11.6 Å². The fourth-order valence-corrected chi connectivity index (χ4v) is 2.62. The van der Waals surface area contributed by atoms with Crippen molar-refractivity contribution in [2.45, 2.75) is 31.0 Å². The molecule has 0 aliphatic heterocycles. The number of benzene rings is 1. The van der Waals surface area contributed by atoms with E-state index in [1.165, 1.54) is 0 Å². The minimum atomic E-state index is -0.879. The number of aromatic nitrogens is 1. The van der Waals surface area contributed by atoms with Crippen LogP contribution in [0.3, 0.4) is 0 Å². The van der Waals surface area contributed by atoms with Gasteiger partial charge in [0.1, 0.15) is 10.6 Å². The number of aliphatic carboxylic acids is 1. The zero-order valence-corrected chi connectivity index (χ0v) is 15.0. The van der Waals surface area contributed by atoms with Crippen molar-refractivity contribution in [2.24, 2.45) is 0 Å². The van der Waals surface area contributed by atoms with Gasteiger partial charge in [-0.3, -0.25) is 4.79 Å². The van der Waals surface area contributed by atoms with Gasteiger partial charge in [-0.05, 0) is 36.6 Å². The zero-order chi connectivity index (χ0) is 17.5. The highest BCUT2D eigenvalue weighted by atomic mass is 79.9. The predicted molar refractivity (Wildman–Crippen MR) is 94.5 cm³/mol. The summed E-state index contributed by atoms with van der Waals surface area (Å²) < 4.78 is 6.54. The van der Waals surface area contributed by atoms with Gasteiger partial charge < -0.3 is 15.1 Å². The number of alkyl halides is 1. The number of hydrogen-bond donors (Lipinski definition) is 1. The molecule has 0 radical (unpaired) electrons. The Morgan fingerprint density at radius 1 is 1.25 bits per heavy atom. The van der Waals surface area contributed by atoms with Crippen molar-refractivity contribution in [3.8, 4) is 5.75 Å². The Morgan fingerprint density at radius 3 is 2.50 bits per heavy atom. The molecule has 0 aliphatic rings. The average molecular weight is 394 g/mol. The molecule has 0 amide bonds. The van der Waals surface area contributed by atoms with E-state index in [-0.39, 0.29) is 0 Å². The van der Waals surface area contributed by atoms with Crippen LogP contribution in [0.2, 0.25) is 0 Å². The van der Waals surface area contributed by atoms with Crippen LogP contribution in [-0.2, 0) is 24.1 Å². The van der Waals surface area contributed by atoms with E-state index in [4.69, 9.17) is 9.84 Å². The number of carbonyl (C=O) groups is 1. The van der Waals surface area contributed by atoms with Crippen LogP contribution in [0.5, 0.6) is 5.75 Å². The number of aryl methyl sites for hydroxylation is 1. The lowest BCUT2D eigenvalue weighted by atomic mass is 10.1. The van der Waals surface area contributed by atoms with E-state index in [0.29, 0.717) is 30.9 Å². The van der Waals surface area contributed by atoms with Gasteiger partial charge in [0.25, 0.3) is 0 Å².